The van der Waals surface area contributed by atoms with Crippen LogP contribution in [-0.2, 0) is 19.6 Å². The van der Waals surface area contributed by atoms with E-state index in [0.717, 1.165) is 30.2 Å². The van der Waals surface area contributed by atoms with Crippen LogP contribution in [0, 0.1) is 0 Å². The van der Waals surface area contributed by atoms with Crippen LogP contribution in [0.3, 0.4) is 0 Å². The van der Waals surface area contributed by atoms with Gasteiger partial charge in [-0.25, -0.2) is 8.42 Å². The van der Waals surface area contributed by atoms with Crippen LogP contribution in [0.4, 0.5) is 0 Å². The third-order valence-electron chi connectivity index (χ3n) is 5.75. The summed E-state index contributed by atoms with van der Waals surface area (Å²) in [5.41, 5.74) is 0.0286. The first kappa shape index (κ1) is 20.2. The lowest BCUT2D eigenvalue weighted by molar-refractivity contribution is -0.132. The summed E-state index contributed by atoms with van der Waals surface area (Å²) in [6.45, 7) is 4.04. The number of morpholine rings is 1. The summed E-state index contributed by atoms with van der Waals surface area (Å²) in [6, 6.07) is 6.30. The van der Waals surface area contributed by atoms with Crippen LogP contribution in [0.25, 0.3) is 5.76 Å². The molecule has 3 heterocycles. The summed E-state index contributed by atoms with van der Waals surface area (Å²) in [7, 11) is -3.94. The van der Waals surface area contributed by atoms with E-state index >= 15 is 0 Å². The molecule has 0 spiro atoms. The molecule has 3 aliphatic heterocycles. The number of benzene rings is 1. The first-order valence-corrected chi connectivity index (χ1v) is 11.6. The van der Waals surface area contributed by atoms with Gasteiger partial charge in [0, 0.05) is 31.7 Å². The number of sulfonamides is 1. The van der Waals surface area contributed by atoms with Crippen molar-refractivity contribution in [3.05, 3.63) is 35.5 Å². The number of hydrogen-bond acceptors (Lipinski definition) is 6. The molecule has 1 N–H and O–H groups in total. The monoisotopic (exact) mass is 421 g/mol. The summed E-state index contributed by atoms with van der Waals surface area (Å²) in [6.07, 6.45) is 3.37. The number of nitrogens with zero attached hydrogens (tertiary/aromatic N) is 3. The van der Waals surface area contributed by atoms with Crippen molar-refractivity contribution >= 4 is 21.7 Å². The van der Waals surface area contributed by atoms with Crippen molar-refractivity contribution in [1.82, 2.24) is 14.1 Å². The third kappa shape index (κ3) is 3.86. The van der Waals surface area contributed by atoms with Gasteiger partial charge >= 0.3 is 0 Å². The molecule has 0 aliphatic carbocycles. The average Bonchev–Trinajstić information content (AvgIpc) is 2.76. The van der Waals surface area contributed by atoms with Crippen molar-refractivity contribution in [2.75, 3.05) is 52.5 Å². The Balaban J connectivity index is 1.70. The molecule has 1 aromatic carbocycles. The van der Waals surface area contributed by atoms with E-state index in [-0.39, 0.29) is 28.5 Å². The largest absolute Gasteiger partial charge is 0.505 e. The number of ether oxygens (including phenoxy) is 1. The molecule has 4 rings (SSSR count). The van der Waals surface area contributed by atoms with E-state index < -0.39 is 15.9 Å². The van der Waals surface area contributed by atoms with Crippen molar-refractivity contribution in [3.8, 4) is 0 Å². The van der Waals surface area contributed by atoms with E-state index in [0.29, 0.717) is 32.8 Å². The standard InChI is InChI=1S/C20H27N3O5S/c24-19-16-6-2-3-7-17(16)29(26,27)23(11-10-21-8-4-1-5-9-21)18(19)20(25)22-12-14-28-15-13-22/h2-3,6-7,24H,1,4-5,8-15H2. The quantitative estimate of drug-likeness (QED) is 0.787. The first-order chi connectivity index (χ1) is 14.0. The second-order valence-corrected chi connectivity index (χ2v) is 9.41. The molecule has 0 aromatic heterocycles. The molecule has 0 radical (unpaired) electrons. The summed E-state index contributed by atoms with van der Waals surface area (Å²) in [4.78, 5) is 17.1. The summed E-state index contributed by atoms with van der Waals surface area (Å²) < 4.78 is 33.2. The number of aliphatic hydroxyl groups is 1. The minimum atomic E-state index is -3.94. The van der Waals surface area contributed by atoms with Gasteiger partial charge in [-0.2, -0.15) is 0 Å². The Bertz CT molecular complexity index is 902. The van der Waals surface area contributed by atoms with Gasteiger partial charge < -0.3 is 19.6 Å². The number of fused-ring (bicyclic) bond motifs is 1. The van der Waals surface area contributed by atoms with Crippen molar-refractivity contribution in [3.63, 3.8) is 0 Å². The summed E-state index contributed by atoms with van der Waals surface area (Å²) in [5, 5.41) is 10.9. The normalized spacial score (nSPS) is 22.5. The minimum Gasteiger partial charge on any atom is -0.505 e. The molecule has 0 bridgehead atoms. The van der Waals surface area contributed by atoms with Crippen molar-refractivity contribution in [2.45, 2.75) is 24.2 Å². The lowest BCUT2D eigenvalue weighted by Crippen LogP contribution is -2.49. The number of carbonyl (C=O) groups excluding carboxylic acids is 1. The van der Waals surface area contributed by atoms with Crippen LogP contribution in [0.5, 0.6) is 0 Å². The highest BCUT2D eigenvalue weighted by molar-refractivity contribution is 7.89. The van der Waals surface area contributed by atoms with Gasteiger partial charge in [0.1, 0.15) is 0 Å². The van der Waals surface area contributed by atoms with Gasteiger partial charge in [0.15, 0.2) is 11.5 Å². The van der Waals surface area contributed by atoms with E-state index in [1.54, 1.807) is 17.0 Å². The predicted molar refractivity (Wildman–Crippen MR) is 108 cm³/mol. The molecule has 1 aromatic rings. The van der Waals surface area contributed by atoms with Gasteiger partial charge in [-0.15, -0.1) is 0 Å². The van der Waals surface area contributed by atoms with Crippen molar-refractivity contribution < 1.29 is 23.1 Å². The molecule has 9 heteroatoms. The van der Waals surface area contributed by atoms with Gasteiger partial charge in [0.05, 0.1) is 18.1 Å². The molecular formula is C20H27N3O5S. The molecule has 3 aliphatic rings. The first-order valence-electron chi connectivity index (χ1n) is 10.1. The molecular weight excluding hydrogens is 394 g/mol. The third-order valence-corrected chi connectivity index (χ3v) is 7.61. The highest BCUT2D eigenvalue weighted by atomic mass is 32.2. The zero-order chi connectivity index (χ0) is 20.4. The van der Waals surface area contributed by atoms with E-state index in [4.69, 9.17) is 4.74 Å². The molecule has 2 fully saturated rings. The second kappa shape index (κ2) is 8.33. The molecule has 2 saturated heterocycles. The molecule has 29 heavy (non-hydrogen) atoms. The maximum absolute atomic E-state index is 13.4. The topological polar surface area (TPSA) is 90.4 Å². The Hall–Kier alpha value is -2.10. The Morgan fingerprint density at radius 1 is 1.00 bits per heavy atom. The van der Waals surface area contributed by atoms with Crippen LogP contribution >= 0.6 is 0 Å². The highest BCUT2D eigenvalue weighted by Gasteiger charge is 2.41. The predicted octanol–water partition coefficient (Wildman–Crippen LogP) is 1.26. The Morgan fingerprint density at radius 2 is 1.69 bits per heavy atom. The smallest absolute Gasteiger partial charge is 0.275 e. The van der Waals surface area contributed by atoms with Crippen LogP contribution in [0.1, 0.15) is 24.8 Å². The maximum Gasteiger partial charge on any atom is 0.275 e. The van der Waals surface area contributed by atoms with Crippen LogP contribution in [-0.4, -0.2) is 86.0 Å². The van der Waals surface area contributed by atoms with E-state index in [2.05, 4.69) is 4.90 Å². The van der Waals surface area contributed by atoms with E-state index in [9.17, 15) is 18.3 Å². The van der Waals surface area contributed by atoms with Gasteiger partial charge in [0.25, 0.3) is 15.9 Å². The zero-order valence-electron chi connectivity index (χ0n) is 16.4. The fourth-order valence-corrected chi connectivity index (χ4v) is 5.80. The Kier molecular flexibility index (Phi) is 5.80. The van der Waals surface area contributed by atoms with Crippen molar-refractivity contribution in [2.24, 2.45) is 0 Å². The number of amides is 1. The number of aliphatic hydroxyl groups excluding tert-OH is 1. The van der Waals surface area contributed by atoms with Gasteiger partial charge in [-0.1, -0.05) is 18.6 Å². The van der Waals surface area contributed by atoms with Crippen LogP contribution < -0.4 is 0 Å². The SMILES string of the molecule is O=C(C1=C(O)c2ccccc2S(=O)(=O)N1CCN1CCCCC1)N1CCOCC1. The lowest BCUT2D eigenvalue weighted by Gasteiger charge is -2.36. The van der Waals surface area contributed by atoms with E-state index in [1.165, 1.54) is 18.6 Å². The number of likely N-dealkylation sites (tertiary alicyclic amines) is 1. The molecule has 0 saturated carbocycles. The van der Waals surface area contributed by atoms with Crippen LogP contribution in [0.15, 0.2) is 34.9 Å². The minimum absolute atomic E-state index is 0.0367. The highest BCUT2D eigenvalue weighted by Crippen LogP contribution is 2.36. The Morgan fingerprint density at radius 3 is 2.41 bits per heavy atom. The molecule has 1 amide bonds. The van der Waals surface area contributed by atoms with Crippen molar-refractivity contribution in [1.29, 1.82) is 0 Å². The summed E-state index contributed by atoms with van der Waals surface area (Å²) >= 11 is 0. The van der Waals surface area contributed by atoms with Crippen LogP contribution in [0.2, 0.25) is 0 Å². The number of carbonyl (C=O) groups is 1. The number of piperidine rings is 1. The number of rotatable bonds is 4. The Labute approximate surface area is 171 Å². The molecule has 0 unspecified atom stereocenters. The fraction of sp³-hybridized carbons (Fsp3) is 0.550. The number of hydrogen-bond donors (Lipinski definition) is 1. The summed E-state index contributed by atoms with van der Waals surface area (Å²) in [5.74, 6) is -0.743. The second-order valence-electron chi connectivity index (χ2n) is 7.58. The molecule has 0 atom stereocenters. The molecule has 158 valence electrons. The van der Waals surface area contributed by atoms with E-state index in [1.807, 2.05) is 0 Å². The zero-order valence-corrected chi connectivity index (χ0v) is 17.2. The average molecular weight is 422 g/mol. The van der Waals surface area contributed by atoms with Gasteiger partial charge in [-0.3, -0.25) is 9.10 Å². The lowest BCUT2D eigenvalue weighted by atomic mass is 10.1. The fourth-order valence-electron chi connectivity index (χ4n) is 4.14. The molecule has 8 nitrogen and oxygen atoms in total. The van der Waals surface area contributed by atoms with Gasteiger partial charge in [0.2, 0.25) is 0 Å². The maximum atomic E-state index is 13.4. The van der Waals surface area contributed by atoms with Gasteiger partial charge in [-0.05, 0) is 38.1 Å².